The van der Waals surface area contributed by atoms with E-state index in [-0.39, 0.29) is 50.7 Å². The second kappa shape index (κ2) is 64.5. The standard InChI is InChI=1S/C12H16O2.C11H14O2.C11H18O.C10H10F4.C8H11NS2.C8H10.C4H10.C3H8.4C2H6.6CH4/c1-8(2)9-5-6-10-11(7-9)14-12(3,4)13-10;1-4-8-5-6-9-10(7-8)13-11(2,3)12-9;1-10(2)12-11-8-6-4-3-5-7-9-11;1-4(2)6-9(13)7(11)5(3)8(12)10(6)14;1-7(2)10-11-8-5-3-4-6-9-8;1-2-8-6-4-3-5-7-8;1-4(2)3;1-3-2;4*1-2;;;;;;/h5-8H,1-4H3;5-7H,4H2,1-3H3;10-11H,3-6,8H2,1-2H3;4H,1-3H3;3-7H,1-2H3;3-7H,2H2,1H3;4H,1-3H3;3H2,1-2H3;4*1-2H3;6*1H4. The first-order chi connectivity index (χ1) is 41.1. The highest BCUT2D eigenvalue weighted by atomic mass is 33.1. The van der Waals surface area contributed by atoms with Crippen molar-refractivity contribution in [1.29, 1.82) is 0 Å². The summed E-state index contributed by atoms with van der Waals surface area (Å²) >= 11 is 0. The van der Waals surface area contributed by atoms with Crippen molar-refractivity contribution in [3.05, 3.63) is 142 Å². The number of nitrogens with zero attached hydrogens (tertiary/aromatic N) is 1. The van der Waals surface area contributed by atoms with Crippen LogP contribution in [0.15, 0.2) is 96.2 Å². The summed E-state index contributed by atoms with van der Waals surface area (Å²) in [5, 5.41) is 1.74. The number of hydrogen-bond acceptors (Lipinski definition) is 8. The van der Waals surface area contributed by atoms with Gasteiger partial charge in [-0.1, -0.05) is 268 Å². The van der Waals surface area contributed by atoms with Crippen LogP contribution in [-0.4, -0.2) is 34.0 Å². The molecular formula is C81H145F4NO5S2. The van der Waals surface area contributed by atoms with Crippen molar-refractivity contribution >= 4 is 21.6 Å². The van der Waals surface area contributed by atoms with E-state index in [2.05, 4.69) is 149 Å². The van der Waals surface area contributed by atoms with Crippen LogP contribution in [0.2, 0.25) is 0 Å². The Morgan fingerprint density at radius 1 is 0.538 bits per heavy atom. The number of benzene rings is 4. The Balaban J connectivity index is -0.000000106. The molecule has 93 heavy (non-hydrogen) atoms. The quantitative estimate of drug-likeness (QED) is 0.0626. The average molecular weight is 1350 g/mol. The lowest BCUT2D eigenvalue weighted by atomic mass is 9.99. The lowest BCUT2D eigenvalue weighted by Crippen LogP contribution is -2.29. The van der Waals surface area contributed by atoms with Crippen molar-refractivity contribution in [3.63, 3.8) is 0 Å². The molecule has 0 saturated heterocycles. The van der Waals surface area contributed by atoms with Gasteiger partial charge in [-0.25, -0.2) is 22.5 Å². The van der Waals surface area contributed by atoms with E-state index in [0.717, 1.165) is 66.5 Å². The molecule has 0 fully saturated rings. The molecule has 1 aromatic heterocycles. The fourth-order valence-electron chi connectivity index (χ4n) is 7.01. The van der Waals surface area contributed by atoms with E-state index in [1.54, 1.807) is 10.8 Å². The molecule has 2 aliphatic heterocycles. The van der Waals surface area contributed by atoms with Crippen LogP contribution >= 0.6 is 21.6 Å². The molecule has 1 aliphatic carbocycles. The number of rotatable bonds is 9. The van der Waals surface area contributed by atoms with Gasteiger partial charge < -0.3 is 23.7 Å². The van der Waals surface area contributed by atoms with Gasteiger partial charge in [-0.05, 0) is 135 Å². The molecule has 0 N–H and O–H groups in total. The smallest absolute Gasteiger partial charge is 0.246 e. The summed E-state index contributed by atoms with van der Waals surface area (Å²) in [4.78, 5) is 4.19. The number of aromatic nitrogens is 1. The van der Waals surface area contributed by atoms with E-state index in [0.29, 0.717) is 17.3 Å². The van der Waals surface area contributed by atoms with E-state index in [1.807, 2.05) is 143 Å². The molecule has 1 atom stereocenters. The third-order valence-electron chi connectivity index (χ3n) is 10.8. The highest BCUT2D eigenvalue weighted by Crippen LogP contribution is 2.41. The molecule has 6 nitrogen and oxygen atoms in total. The summed E-state index contributed by atoms with van der Waals surface area (Å²) < 4.78 is 80.5. The summed E-state index contributed by atoms with van der Waals surface area (Å²) in [5.41, 5.74) is 2.81. The van der Waals surface area contributed by atoms with Gasteiger partial charge in [-0.15, -0.1) is 5.92 Å². The van der Waals surface area contributed by atoms with Crippen LogP contribution in [0.25, 0.3) is 0 Å². The van der Waals surface area contributed by atoms with Crippen LogP contribution in [0.3, 0.4) is 0 Å². The number of aryl methyl sites for hydroxylation is 2. The molecule has 0 bridgehead atoms. The predicted molar refractivity (Wildman–Crippen MR) is 414 cm³/mol. The molecule has 5 aromatic rings. The molecule has 3 aliphatic rings. The second-order valence-corrected chi connectivity index (χ2v) is 24.7. The van der Waals surface area contributed by atoms with Gasteiger partial charge in [-0.3, -0.25) is 0 Å². The number of pyridine rings is 1. The van der Waals surface area contributed by atoms with Gasteiger partial charge in [0.05, 0.1) is 6.10 Å². The van der Waals surface area contributed by atoms with E-state index < -0.39 is 51.9 Å². The fraction of sp³-hybridized carbons (Fsp3) is 0.617. The van der Waals surface area contributed by atoms with Crippen LogP contribution in [0.4, 0.5) is 17.6 Å². The molecule has 0 spiro atoms. The first kappa shape index (κ1) is 110. The third-order valence-corrected chi connectivity index (χ3v) is 13.6. The highest BCUT2D eigenvalue weighted by molar-refractivity contribution is 8.76. The Morgan fingerprint density at radius 3 is 1.35 bits per heavy atom. The van der Waals surface area contributed by atoms with Crippen molar-refractivity contribution in [2.45, 2.75) is 336 Å². The number of ether oxygens (including phenoxy) is 5. The molecule has 1 unspecified atom stereocenters. The molecule has 4 aromatic carbocycles. The molecule has 544 valence electrons. The normalized spacial score (nSPS) is 12.7. The monoisotopic (exact) mass is 1350 g/mol. The maximum absolute atomic E-state index is 13.2. The molecule has 0 radical (unpaired) electrons. The Kier molecular flexibility index (Phi) is 76.0. The molecule has 0 amide bonds. The minimum atomic E-state index is -1.31. The lowest BCUT2D eigenvalue weighted by Gasteiger charge is -2.16. The molecule has 8 rings (SSSR count). The van der Waals surface area contributed by atoms with Crippen molar-refractivity contribution in [2.24, 2.45) is 5.92 Å². The fourth-order valence-corrected chi connectivity index (χ4v) is 8.71. The van der Waals surface area contributed by atoms with Crippen LogP contribution in [0.1, 0.15) is 310 Å². The van der Waals surface area contributed by atoms with Crippen LogP contribution in [0, 0.1) is 48.0 Å². The minimum Gasteiger partial charge on any atom is -0.449 e. The first-order valence-corrected chi connectivity index (χ1v) is 34.6. The van der Waals surface area contributed by atoms with Gasteiger partial charge >= 0.3 is 0 Å². The summed E-state index contributed by atoms with van der Waals surface area (Å²) in [5.74, 6) is 4.29. The first-order valence-electron chi connectivity index (χ1n) is 32.4. The number of halogens is 4. The third kappa shape index (κ3) is 50.3. The molecule has 12 heteroatoms. The van der Waals surface area contributed by atoms with Gasteiger partial charge in [0, 0.05) is 56.7 Å². The maximum atomic E-state index is 13.2. The van der Waals surface area contributed by atoms with Gasteiger partial charge in [0.25, 0.3) is 0 Å². The zero-order chi connectivity index (χ0) is 67.9. The largest absolute Gasteiger partial charge is 0.449 e. The Bertz CT molecular complexity index is 2500. The summed E-state index contributed by atoms with van der Waals surface area (Å²) in [6.07, 6.45) is 11.8. The van der Waals surface area contributed by atoms with E-state index >= 15 is 0 Å². The van der Waals surface area contributed by atoms with Crippen LogP contribution < -0.4 is 18.9 Å². The Labute approximate surface area is 583 Å². The van der Waals surface area contributed by atoms with Gasteiger partial charge in [-0.2, -0.15) is 0 Å². The van der Waals surface area contributed by atoms with Crippen molar-refractivity contribution in [3.8, 4) is 34.8 Å². The topological polar surface area (TPSA) is 59.0 Å². The number of fused-ring (bicyclic) bond motifs is 2. The molecular weight excluding hydrogens is 1210 g/mol. The lowest BCUT2D eigenvalue weighted by molar-refractivity contribution is -0.0437. The van der Waals surface area contributed by atoms with Gasteiger partial charge in [0.2, 0.25) is 11.6 Å². The minimum absolute atomic E-state index is 0. The van der Waals surface area contributed by atoms with Crippen molar-refractivity contribution in [1.82, 2.24) is 4.98 Å². The van der Waals surface area contributed by atoms with Gasteiger partial charge in [0.15, 0.2) is 46.3 Å². The van der Waals surface area contributed by atoms with Crippen molar-refractivity contribution < 1.29 is 41.2 Å². The predicted octanol–water partition coefficient (Wildman–Crippen LogP) is 29.0. The van der Waals surface area contributed by atoms with Crippen LogP contribution in [0.5, 0.6) is 23.0 Å². The summed E-state index contributed by atoms with van der Waals surface area (Å²) in [6, 6.07) is 28.7. The van der Waals surface area contributed by atoms with E-state index in [4.69, 9.17) is 23.7 Å². The second-order valence-electron chi connectivity index (χ2n) is 21.9. The number of hydrogen-bond donors (Lipinski definition) is 0. The average Bonchev–Trinajstić information content (AvgIpc) is 1.74. The van der Waals surface area contributed by atoms with E-state index in [9.17, 15) is 17.6 Å². The molecule has 0 saturated carbocycles. The Hall–Kier alpha value is -4.83. The molecule has 3 heterocycles. The highest BCUT2D eigenvalue weighted by Gasteiger charge is 2.32. The SMILES string of the molecule is C.C.C.C.C.C.CC.CC.CC.CC.CC(C)C.CC(C)OC1C#CCCCCC1.CC(C)SSc1ccccn1.CC(C)c1ccc2c(c1)OC(C)(C)O2.CCC.CCc1ccc2c(c1)OC(C)(C)O2.CCc1ccccc1.Cc1c(F)c(F)c(C(C)C)c(F)c1F. The summed E-state index contributed by atoms with van der Waals surface area (Å²) in [6.45, 7) is 55.5. The maximum Gasteiger partial charge on any atom is 0.246 e. The zero-order valence-electron chi connectivity index (χ0n) is 59.6. The Morgan fingerprint density at radius 2 is 0.968 bits per heavy atom. The summed E-state index contributed by atoms with van der Waals surface area (Å²) in [7, 11) is 3.57. The van der Waals surface area contributed by atoms with Crippen LogP contribution in [-0.2, 0) is 17.6 Å². The zero-order valence-corrected chi connectivity index (χ0v) is 61.2. The van der Waals surface area contributed by atoms with Crippen molar-refractivity contribution in [2.75, 3.05) is 0 Å². The van der Waals surface area contributed by atoms with Gasteiger partial charge in [0.1, 0.15) is 11.1 Å². The van der Waals surface area contributed by atoms with E-state index in [1.165, 1.54) is 56.2 Å².